The van der Waals surface area contributed by atoms with Crippen LogP contribution >= 0.6 is 7.60 Å². The summed E-state index contributed by atoms with van der Waals surface area (Å²) in [7, 11) is -3.60. The normalized spacial score (nSPS) is 19.1. The summed E-state index contributed by atoms with van der Waals surface area (Å²) in [6.07, 6.45) is -4.43. The second-order valence-corrected chi connectivity index (χ2v) is 11.0. The van der Waals surface area contributed by atoms with Gasteiger partial charge in [0.1, 0.15) is 5.82 Å². The first-order valence-electron chi connectivity index (χ1n) is 10.6. The summed E-state index contributed by atoms with van der Waals surface area (Å²) in [5.41, 5.74) is -0.321. The summed E-state index contributed by atoms with van der Waals surface area (Å²) in [4.78, 5) is 6.12. The minimum Gasteiger partial charge on any atom is -0.351 e. The van der Waals surface area contributed by atoms with Crippen molar-refractivity contribution in [2.24, 2.45) is 0 Å². The molecule has 0 saturated carbocycles. The quantitative estimate of drug-likeness (QED) is 0.417. The number of alkyl halides is 3. The Balaban J connectivity index is 2.04. The van der Waals surface area contributed by atoms with E-state index < -0.39 is 24.8 Å². The maximum Gasteiger partial charge on any atom is 0.417 e. The molecule has 1 aromatic carbocycles. The van der Waals surface area contributed by atoms with Gasteiger partial charge in [-0.25, -0.2) is 4.98 Å². The number of hydrogen-bond donors (Lipinski definition) is 0. The van der Waals surface area contributed by atoms with Crippen molar-refractivity contribution < 1.29 is 26.8 Å². The Morgan fingerprint density at radius 3 is 2.25 bits per heavy atom. The fourth-order valence-corrected chi connectivity index (χ4v) is 6.74. The Morgan fingerprint density at radius 1 is 1.12 bits per heavy atom. The van der Waals surface area contributed by atoms with Gasteiger partial charge in [-0.2, -0.15) is 13.2 Å². The lowest BCUT2D eigenvalue weighted by Crippen LogP contribution is -2.35. The molecule has 1 aliphatic heterocycles. The monoisotopic (exact) mass is 470 g/mol. The molecule has 1 unspecified atom stereocenters. The molecule has 5 nitrogen and oxygen atoms in total. The van der Waals surface area contributed by atoms with Crippen LogP contribution in [0.5, 0.6) is 0 Å². The van der Waals surface area contributed by atoms with Crippen LogP contribution in [0.2, 0.25) is 0 Å². The van der Waals surface area contributed by atoms with Gasteiger partial charge in [0, 0.05) is 30.3 Å². The highest BCUT2D eigenvalue weighted by Gasteiger charge is 2.47. The number of pyridine rings is 1. The second-order valence-electron chi connectivity index (χ2n) is 9.07. The molecule has 1 aromatic heterocycles. The number of rotatable bonds is 8. The predicted octanol–water partition coefficient (Wildman–Crippen LogP) is 6.42. The third-order valence-electron chi connectivity index (χ3n) is 5.19. The Morgan fingerprint density at radius 2 is 1.72 bits per heavy atom. The van der Waals surface area contributed by atoms with Crippen molar-refractivity contribution >= 4 is 13.4 Å². The summed E-state index contributed by atoms with van der Waals surface area (Å²) in [6.45, 7) is 9.65. The fraction of sp³-hybridized carbons (Fsp3) is 0.522. The summed E-state index contributed by atoms with van der Waals surface area (Å²) in [5, 5.41) is 0. The van der Waals surface area contributed by atoms with Crippen LogP contribution in [0, 0.1) is 0 Å². The highest BCUT2D eigenvalue weighted by Crippen LogP contribution is 2.57. The van der Waals surface area contributed by atoms with E-state index in [1.807, 2.05) is 35.2 Å². The maximum absolute atomic E-state index is 13.6. The lowest BCUT2D eigenvalue weighted by atomic mass is 9.87. The first kappa shape index (κ1) is 24.7. The lowest BCUT2D eigenvalue weighted by molar-refractivity contribution is -0.137. The molecule has 0 radical (unpaired) electrons. The van der Waals surface area contributed by atoms with Crippen molar-refractivity contribution in [3.63, 3.8) is 0 Å². The molecule has 0 aliphatic carbocycles. The van der Waals surface area contributed by atoms with Crippen LogP contribution in [-0.2, 0) is 31.7 Å². The Hall–Kier alpha value is -1.89. The summed E-state index contributed by atoms with van der Waals surface area (Å²) in [6, 6.07) is 10.8. The van der Waals surface area contributed by atoms with E-state index in [2.05, 4.69) is 4.98 Å². The van der Waals surface area contributed by atoms with E-state index in [0.29, 0.717) is 24.5 Å². The largest absolute Gasteiger partial charge is 0.417 e. The van der Waals surface area contributed by atoms with Crippen LogP contribution in [0.3, 0.4) is 0 Å². The van der Waals surface area contributed by atoms with Gasteiger partial charge in [0.15, 0.2) is 0 Å². The molecule has 2 aromatic rings. The molecule has 1 atom stereocenters. The number of anilines is 1. The summed E-state index contributed by atoms with van der Waals surface area (Å²) < 4.78 is 65.5. The molecule has 32 heavy (non-hydrogen) atoms. The van der Waals surface area contributed by atoms with E-state index in [0.717, 1.165) is 17.8 Å². The van der Waals surface area contributed by atoms with Crippen molar-refractivity contribution in [2.45, 2.75) is 65.0 Å². The molecule has 0 N–H and O–H groups in total. The number of hydrogen-bond acceptors (Lipinski definition) is 5. The first-order chi connectivity index (χ1) is 14.8. The van der Waals surface area contributed by atoms with Crippen LogP contribution in [-0.4, -0.2) is 29.9 Å². The average molecular weight is 470 g/mol. The van der Waals surface area contributed by atoms with E-state index in [-0.39, 0.29) is 18.4 Å². The number of benzene rings is 1. The molecule has 2 heterocycles. The minimum atomic E-state index is -4.53. The molecule has 1 aliphatic rings. The summed E-state index contributed by atoms with van der Waals surface area (Å²) in [5.74, 6) is 0.463. The van der Waals surface area contributed by atoms with Crippen molar-refractivity contribution in [3.8, 4) is 0 Å². The van der Waals surface area contributed by atoms with Gasteiger partial charge in [-0.1, -0.05) is 37.3 Å². The summed E-state index contributed by atoms with van der Waals surface area (Å²) >= 11 is 0. The van der Waals surface area contributed by atoms with Gasteiger partial charge in [0.2, 0.25) is 0 Å². The van der Waals surface area contributed by atoms with E-state index in [1.165, 1.54) is 0 Å². The molecule has 0 spiro atoms. The zero-order valence-electron chi connectivity index (χ0n) is 19.0. The third kappa shape index (κ3) is 5.72. The van der Waals surface area contributed by atoms with Crippen molar-refractivity contribution in [1.82, 2.24) is 4.98 Å². The number of nitrogens with zero attached hydrogens (tertiary/aromatic N) is 2. The van der Waals surface area contributed by atoms with Crippen LogP contribution in [0.25, 0.3) is 0 Å². The molecule has 0 fully saturated rings. The molecule has 3 rings (SSSR count). The van der Waals surface area contributed by atoms with Gasteiger partial charge in [-0.05, 0) is 39.3 Å². The lowest BCUT2D eigenvalue weighted by Gasteiger charge is -2.32. The van der Waals surface area contributed by atoms with E-state index >= 15 is 0 Å². The maximum atomic E-state index is 13.6. The number of aromatic nitrogens is 1. The molecule has 0 bridgehead atoms. The van der Waals surface area contributed by atoms with Crippen LogP contribution < -0.4 is 4.90 Å². The molecule has 0 amide bonds. The average Bonchev–Trinajstić information content (AvgIpc) is 2.91. The van der Waals surface area contributed by atoms with Gasteiger partial charge in [-0.15, -0.1) is 0 Å². The molecule has 176 valence electrons. The zero-order valence-corrected chi connectivity index (χ0v) is 19.9. The molecular weight excluding hydrogens is 440 g/mol. The van der Waals surface area contributed by atoms with Crippen LogP contribution in [0.1, 0.15) is 51.3 Å². The predicted molar refractivity (Wildman–Crippen MR) is 119 cm³/mol. The number of fused-ring (bicyclic) bond motifs is 1. The fourth-order valence-electron chi connectivity index (χ4n) is 4.13. The smallest absolute Gasteiger partial charge is 0.351 e. The highest BCUT2D eigenvalue weighted by molar-refractivity contribution is 7.54. The van der Waals surface area contributed by atoms with Crippen molar-refractivity contribution in [1.29, 1.82) is 0 Å². The third-order valence-corrected chi connectivity index (χ3v) is 7.76. The van der Waals surface area contributed by atoms with Crippen LogP contribution in [0.4, 0.5) is 19.0 Å². The Kier molecular flexibility index (Phi) is 7.08. The number of halogens is 3. The Bertz CT molecular complexity index is 968. The van der Waals surface area contributed by atoms with Gasteiger partial charge >= 0.3 is 13.8 Å². The molecular formula is C23H30F3N2O3P. The van der Waals surface area contributed by atoms with Gasteiger partial charge in [0.05, 0.1) is 23.9 Å². The SMILES string of the molecule is CC(C)OP(=O)(CC1(C)CN(Cc2ccccc2)c2ncc(C(F)(F)F)cc21)OC(C)C. The van der Waals surface area contributed by atoms with Crippen LogP contribution in [0.15, 0.2) is 42.6 Å². The molecule has 0 saturated heterocycles. The highest BCUT2D eigenvalue weighted by atomic mass is 31.2. The van der Waals surface area contributed by atoms with Crippen molar-refractivity contribution in [2.75, 3.05) is 17.6 Å². The van der Waals surface area contributed by atoms with Crippen molar-refractivity contribution in [3.05, 3.63) is 59.3 Å². The topological polar surface area (TPSA) is 51.7 Å². The van der Waals surface area contributed by atoms with E-state index in [4.69, 9.17) is 9.05 Å². The van der Waals surface area contributed by atoms with Gasteiger partial charge in [-0.3, -0.25) is 4.57 Å². The van der Waals surface area contributed by atoms with Gasteiger partial charge < -0.3 is 13.9 Å². The van der Waals surface area contributed by atoms with E-state index in [9.17, 15) is 17.7 Å². The second kappa shape index (κ2) is 9.16. The minimum absolute atomic E-state index is 0.0440. The Labute approximate surface area is 187 Å². The molecule has 9 heteroatoms. The standard InChI is InChI=1S/C23H30F3N2O3P/c1-16(2)30-32(29,31-17(3)4)15-22(5)14-28(13-18-9-7-6-8-10-18)21-20(22)11-19(12-27-21)23(24,25)26/h6-12,16-17H,13-15H2,1-5H3. The van der Waals surface area contributed by atoms with E-state index in [1.54, 1.807) is 34.6 Å². The van der Waals surface area contributed by atoms with Gasteiger partial charge in [0.25, 0.3) is 0 Å². The first-order valence-corrected chi connectivity index (χ1v) is 12.4. The zero-order chi connectivity index (χ0) is 23.7.